The van der Waals surface area contributed by atoms with Crippen molar-refractivity contribution in [2.75, 3.05) is 37.8 Å². The van der Waals surface area contributed by atoms with Crippen molar-refractivity contribution in [1.29, 1.82) is 0 Å². The molecule has 0 N–H and O–H groups in total. The van der Waals surface area contributed by atoms with Gasteiger partial charge in [0.2, 0.25) is 0 Å². The quantitative estimate of drug-likeness (QED) is 0.144. The Hall–Kier alpha value is -4.65. The SMILES string of the molecule is C#Cc1c(F)ccc2cc(B3OC(C)(C)C(C)(C)O3)cc(-c3ncc4c(N5CCCCCN5C(=O)OC(C)(C)C)nc(OC[C@@]56CCCN5C[C@H](F)C6)nc4c3F)c12. The van der Waals surface area contributed by atoms with E-state index in [0.29, 0.717) is 49.7 Å². The van der Waals surface area contributed by atoms with E-state index in [1.54, 1.807) is 44.0 Å². The van der Waals surface area contributed by atoms with Crippen LogP contribution < -0.4 is 15.2 Å². The van der Waals surface area contributed by atoms with E-state index in [4.69, 9.17) is 30.2 Å². The number of amides is 1. The number of rotatable bonds is 6. The van der Waals surface area contributed by atoms with Gasteiger partial charge in [-0.05, 0) is 104 Å². The molecule has 4 saturated heterocycles. The van der Waals surface area contributed by atoms with Crippen LogP contribution in [0.2, 0.25) is 0 Å². The second-order valence-electron chi connectivity index (χ2n) is 18.0. The van der Waals surface area contributed by atoms with E-state index in [9.17, 15) is 9.18 Å². The van der Waals surface area contributed by atoms with Gasteiger partial charge in [0.25, 0.3) is 0 Å². The molecule has 8 rings (SSSR count). The summed E-state index contributed by atoms with van der Waals surface area (Å²) in [5.74, 6) is 1.18. The first-order valence-electron chi connectivity index (χ1n) is 20.2. The second-order valence-corrected chi connectivity index (χ2v) is 18.0. The highest BCUT2D eigenvalue weighted by Gasteiger charge is 2.52. The van der Waals surface area contributed by atoms with Crippen molar-refractivity contribution in [3.05, 3.63) is 47.7 Å². The van der Waals surface area contributed by atoms with Gasteiger partial charge in [-0.2, -0.15) is 9.97 Å². The van der Waals surface area contributed by atoms with Crippen LogP contribution in [-0.4, -0.2) is 99.4 Å². The molecule has 0 aliphatic carbocycles. The van der Waals surface area contributed by atoms with Gasteiger partial charge in [0.05, 0.1) is 27.7 Å². The predicted molar refractivity (Wildman–Crippen MR) is 217 cm³/mol. The van der Waals surface area contributed by atoms with Crippen molar-refractivity contribution < 1.29 is 36.7 Å². The van der Waals surface area contributed by atoms with Crippen molar-refractivity contribution in [2.24, 2.45) is 0 Å². The van der Waals surface area contributed by atoms with Gasteiger partial charge in [-0.1, -0.05) is 24.1 Å². The van der Waals surface area contributed by atoms with Crippen LogP contribution in [0.4, 0.5) is 23.8 Å². The summed E-state index contributed by atoms with van der Waals surface area (Å²) in [6, 6.07) is 6.19. The summed E-state index contributed by atoms with van der Waals surface area (Å²) in [7, 11) is -0.833. The van der Waals surface area contributed by atoms with E-state index in [1.165, 1.54) is 17.3 Å². The minimum Gasteiger partial charge on any atom is -0.461 e. The number of ether oxygens (including phenoxy) is 2. The zero-order valence-corrected chi connectivity index (χ0v) is 34.3. The van der Waals surface area contributed by atoms with Gasteiger partial charge < -0.3 is 18.8 Å². The molecule has 11 nitrogen and oxygen atoms in total. The molecule has 15 heteroatoms. The molecule has 6 heterocycles. The number of carbonyl (C=O) groups is 1. The third-order valence-electron chi connectivity index (χ3n) is 12.3. The lowest BCUT2D eigenvalue weighted by Crippen LogP contribution is -2.49. The van der Waals surface area contributed by atoms with Crippen LogP contribution in [0.1, 0.15) is 92.6 Å². The molecule has 0 bridgehead atoms. The van der Waals surface area contributed by atoms with Crippen molar-refractivity contribution in [3.63, 3.8) is 0 Å². The van der Waals surface area contributed by atoms with Gasteiger partial charge in [0.1, 0.15) is 35.4 Å². The van der Waals surface area contributed by atoms with Gasteiger partial charge >= 0.3 is 19.2 Å². The average molecular weight is 799 g/mol. The van der Waals surface area contributed by atoms with Crippen LogP contribution in [0.15, 0.2) is 30.5 Å². The highest BCUT2D eigenvalue weighted by atomic mass is 19.1. The zero-order chi connectivity index (χ0) is 41.4. The number of carbonyl (C=O) groups excluding carboxylic acids is 1. The monoisotopic (exact) mass is 798 g/mol. The van der Waals surface area contributed by atoms with Crippen LogP contribution >= 0.6 is 0 Å². The van der Waals surface area contributed by atoms with Gasteiger partial charge in [0, 0.05) is 43.2 Å². The van der Waals surface area contributed by atoms with E-state index in [2.05, 4.69) is 20.8 Å². The van der Waals surface area contributed by atoms with Gasteiger partial charge in [-0.15, -0.1) is 6.42 Å². The molecule has 0 unspecified atom stereocenters. The summed E-state index contributed by atoms with van der Waals surface area (Å²) in [4.78, 5) is 30.0. The lowest BCUT2D eigenvalue weighted by atomic mass is 9.76. The number of alkyl halides is 1. The Balaban J connectivity index is 1.31. The molecule has 4 aliphatic heterocycles. The van der Waals surface area contributed by atoms with Crippen molar-refractivity contribution in [1.82, 2.24) is 24.9 Å². The number of anilines is 1. The molecule has 4 aromatic rings. The Kier molecular flexibility index (Phi) is 10.1. The summed E-state index contributed by atoms with van der Waals surface area (Å²) in [5, 5.41) is 4.20. The maximum atomic E-state index is 17.7. The zero-order valence-electron chi connectivity index (χ0n) is 34.3. The summed E-state index contributed by atoms with van der Waals surface area (Å²) in [6.45, 7) is 15.0. The van der Waals surface area contributed by atoms with E-state index in [0.717, 1.165) is 25.8 Å². The summed E-state index contributed by atoms with van der Waals surface area (Å²) in [6.07, 6.45) is 10.0. The largest absolute Gasteiger partial charge is 0.494 e. The van der Waals surface area contributed by atoms with Crippen molar-refractivity contribution in [3.8, 4) is 29.6 Å². The molecular weight excluding hydrogens is 748 g/mol. The molecule has 4 fully saturated rings. The molecule has 2 aromatic heterocycles. The molecule has 58 heavy (non-hydrogen) atoms. The predicted octanol–water partition coefficient (Wildman–Crippen LogP) is 7.50. The third kappa shape index (κ3) is 7.11. The fraction of sp³-hybridized carbons (Fsp3) is 0.535. The standard InChI is InChI=1S/C43H50BF3N6O5/c1-9-29-32(46)15-14-26-20-27(44-57-41(5,6)42(7,8)58-44)21-30(33(26)29)35-34(47)36-31(23-48-35)37(52-18-11-10-12-19-53(52)39(54)56-40(2,3)4)50-38(49-36)55-25-43-16-13-17-51(43)24-28(45)22-43/h1,14-15,20-21,23,28H,10-13,16-19,22,24-25H2,2-8H3/t28-,43+/m1/s1. The third-order valence-corrected chi connectivity index (χ3v) is 12.3. The molecule has 0 spiro atoms. The minimum absolute atomic E-state index is 0.0534. The Morgan fingerprint density at radius 1 is 1.03 bits per heavy atom. The Morgan fingerprint density at radius 3 is 2.50 bits per heavy atom. The van der Waals surface area contributed by atoms with Crippen molar-refractivity contribution in [2.45, 2.75) is 116 Å². The van der Waals surface area contributed by atoms with Crippen LogP contribution in [0, 0.1) is 24.0 Å². The maximum Gasteiger partial charge on any atom is 0.494 e. The van der Waals surface area contributed by atoms with E-state index < -0.39 is 53.4 Å². The van der Waals surface area contributed by atoms with Crippen molar-refractivity contribution >= 4 is 46.2 Å². The molecule has 4 aliphatic rings. The molecule has 1 amide bonds. The lowest BCUT2D eigenvalue weighted by molar-refractivity contribution is 0.00578. The number of hydrogen-bond acceptors (Lipinski definition) is 10. The number of fused-ring (bicyclic) bond motifs is 3. The number of hydrogen-bond donors (Lipinski definition) is 0. The number of pyridine rings is 1. The van der Waals surface area contributed by atoms with Gasteiger partial charge in [-0.25, -0.2) is 23.0 Å². The van der Waals surface area contributed by atoms with Gasteiger partial charge in [0.15, 0.2) is 11.6 Å². The van der Waals surface area contributed by atoms with Crippen LogP contribution in [0.5, 0.6) is 6.01 Å². The van der Waals surface area contributed by atoms with E-state index in [-0.39, 0.29) is 51.5 Å². The molecular formula is C43H50BF3N6O5. The number of benzene rings is 2. The maximum absolute atomic E-state index is 17.7. The topological polar surface area (TPSA) is 102 Å². The summed E-state index contributed by atoms with van der Waals surface area (Å²) >= 11 is 0. The Bertz CT molecular complexity index is 2320. The fourth-order valence-electron chi connectivity index (χ4n) is 8.69. The number of halogens is 3. The molecule has 306 valence electrons. The minimum atomic E-state index is -0.983. The molecule has 0 saturated carbocycles. The Labute approximate surface area is 337 Å². The Morgan fingerprint density at radius 2 is 1.78 bits per heavy atom. The summed E-state index contributed by atoms with van der Waals surface area (Å²) < 4.78 is 72.8. The number of aromatic nitrogens is 3. The number of hydrazine groups is 1. The molecule has 2 atom stereocenters. The normalized spacial score (nSPS) is 23.3. The number of terminal acetylenes is 1. The first-order valence-corrected chi connectivity index (χ1v) is 20.2. The van der Waals surface area contributed by atoms with E-state index >= 15 is 8.78 Å². The first-order chi connectivity index (χ1) is 27.4. The fourth-order valence-corrected chi connectivity index (χ4v) is 8.69. The average Bonchev–Trinajstić information content (AvgIpc) is 3.65. The van der Waals surface area contributed by atoms with Crippen LogP contribution in [0.25, 0.3) is 32.9 Å². The molecule has 0 radical (unpaired) electrons. The van der Waals surface area contributed by atoms with Crippen LogP contribution in [-0.2, 0) is 14.0 Å². The lowest BCUT2D eigenvalue weighted by Gasteiger charge is -2.36. The highest BCUT2D eigenvalue weighted by molar-refractivity contribution is 6.62. The smallest absolute Gasteiger partial charge is 0.461 e. The first kappa shape index (κ1) is 40.1. The molecule has 2 aromatic carbocycles. The second kappa shape index (κ2) is 14.6. The summed E-state index contributed by atoms with van der Waals surface area (Å²) in [5.41, 5.74) is -2.23. The highest BCUT2D eigenvalue weighted by Crippen LogP contribution is 2.42. The van der Waals surface area contributed by atoms with Gasteiger partial charge in [-0.3, -0.25) is 14.9 Å². The van der Waals surface area contributed by atoms with Crippen LogP contribution in [0.3, 0.4) is 0 Å². The van der Waals surface area contributed by atoms with E-state index in [1.807, 2.05) is 27.7 Å². The number of nitrogens with zero attached hydrogens (tertiary/aromatic N) is 6.